The zero-order valence-electron chi connectivity index (χ0n) is 13.3. The number of nitrogens with one attached hydrogen (secondary N) is 1. The van der Waals surface area contributed by atoms with Gasteiger partial charge in [-0.1, -0.05) is 18.2 Å². The van der Waals surface area contributed by atoms with Crippen molar-refractivity contribution in [2.24, 2.45) is 0 Å². The van der Waals surface area contributed by atoms with E-state index in [0.717, 1.165) is 10.9 Å². The van der Waals surface area contributed by atoms with E-state index in [1.165, 1.54) is 4.90 Å². The average Bonchev–Trinajstić information content (AvgIpc) is 2.64. The van der Waals surface area contributed by atoms with Gasteiger partial charge in [0.1, 0.15) is 12.3 Å². The Morgan fingerprint density at radius 3 is 2.92 bits per heavy atom. The lowest BCUT2D eigenvalue weighted by molar-refractivity contribution is -0.123. The maximum absolute atomic E-state index is 12.5. The number of carbonyl (C=O) groups is 2. The summed E-state index contributed by atoms with van der Waals surface area (Å²) >= 11 is 0. The average molecular weight is 333 g/mol. The fourth-order valence-corrected chi connectivity index (χ4v) is 2.87. The number of aromatic nitrogens is 1. The molecule has 0 aliphatic carbocycles. The number of hydrogen-bond acceptors (Lipinski definition) is 4. The molecule has 0 radical (unpaired) electrons. The van der Waals surface area contributed by atoms with Crippen molar-refractivity contribution < 1.29 is 14.3 Å². The van der Waals surface area contributed by atoms with Crippen LogP contribution in [-0.2, 0) is 9.59 Å². The van der Waals surface area contributed by atoms with E-state index in [1.807, 2.05) is 42.5 Å². The molecule has 1 aliphatic heterocycles. The van der Waals surface area contributed by atoms with Crippen molar-refractivity contribution in [3.8, 4) is 5.75 Å². The standard InChI is InChI=1S/C19H15N3O3/c23-18(21-15-7-3-6-14-13(15)5-4-10-20-14)11-22-16-8-1-2-9-17(16)25-12-19(22)24/h1-10H,11-12H2,(H,21,23). The normalized spacial score (nSPS) is 13.3. The quantitative estimate of drug-likeness (QED) is 0.800. The van der Waals surface area contributed by atoms with Gasteiger partial charge >= 0.3 is 0 Å². The Labute approximate surface area is 144 Å². The number of carbonyl (C=O) groups excluding carboxylic acids is 2. The van der Waals surface area contributed by atoms with Gasteiger partial charge in [0.2, 0.25) is 5.91 Å². The largest absolute Gasteiger partial charge is 0.482 e. The molecule has 2 heterocycles. The van der Waals surface area contributed by atoms with Crippen LogP contribution in [0.5, 0.6) is 5.75 Å². The van der Waals surface area contributed by atoms with Gasteiger partial charge in [0.15, 0.2) is 6.61 Å². The summed E-state index contributed by atoms with van der Waals surface area (Å²) in [6.45, 7) is -0.141. The molecule has 0 bridgehead atoms. The van der Waals surface area contributed by atoms with E-state index in [4.69, 9.17) is 4.74 Å². The molecule has 2 aromatic carbocycles. The maximum Gasteiger partial charge on any atom is 0.265 e. The summed E-state index contributed by atoms with van der Waals surface area (Å²) in [6, 6.07) is 16.4. The van der Waals surface area contributed by atoms with E-state index < -0.39 is 0 Å². The molecule has 1 N–H and O–H groups in total. The number of pyridine rings is 1. The molecule has 3 aromatic rings. The first-order chi connectivity index (χ1) is 12.2. The van der Waals surface area contributed by atoms with E-state index in [0.29, 0.717) is 17.1 Å². The van der Waals surface area contributed by atoms with Gasteiger partial charge in [-0.15, -0.1) is 0 Å². The molecule has 6 nitrogen and oxygen atoms in total. The predicted molar refractivity (Wildman–Crippen MR) is 94.7 cm³/mol. The highest BCUT2D eigenvalue weighted by Gasteiger charge is 2.27. The summed E-state index contributed by atoms with van der Waals surface area (Å²) in [5, 5.41) is 3.72. The number of amides is 2. The predicted octanol–water partition coefficient (Wildman–Crippen LogP) is 2.60. The number of rotatable bonds is 3. The third kappa shape index (κ3) is 2.89. The molecule has 0 spiro atoms. The van der Waals surface area contributed by atoms with Gasteiger partial charge in [-0.3, -0.25) is 19.5 Å². The number of fused-ring (bicyclic) bond motifs is 2. The molecule has 124 valence electrons. The minimum Gasteiger partial charge on any atom is -0.482 e. The molecular formula is C19H15N3O3. The molecule has 0 atom stereocenters. The monoisotopic (exact) mass is 333 g/mol. The minimum absolute atomic E-state index is 0.0670. The highest BCUT2D eigenvalue weighted by molar-refractivity contribution is 6.07. The van der Waals surface area contributed by atoms with Crippen molar-refractivity contribution in [2.45, 2.75) is 0 Å². The van der Waals surface area contributed by atoms with E-state index in [9.17, 15) is 9.59 Å². The SMILES string of the molecule is O=C(CN1C(=O)COc2ccccc21)Nc1cccc2ncccc12. The van der Waals surface area contributed by atoms with Crippen molar-refractivity contribution in [1.29, 1.82) is 0 Å². The second-order valence-corrected chi connectivity index (χ2v) is 5.66. The van der Waals surface area contributed by atoms with Gasteiger partial charge in [-0.2, -0.15) is 0 Å². The summed E-state index contributed by atoms with van der Waals surface area (Å²) in [6.07, 6.45) is 1.71. The first kappa shape index (κ1) is 15.1. The third-order valence-electron chi connectivity index (χ3n) is 4.03. The zero-order valence-corrected chi connectivity index (χ0v) is 13.3. The van der Waals surface area contributed by atoms with Crippen LogP contribution in [0.4, 0.5) is 11.4 Å². The van der Waals surface area contributed by atoms with Crippen molar-refractivity contribution >= 4 is 34.1 Å². The van der Waals surface area contributed by atoms with Crippen LogP contribution in [0, 0.1) is 0 Å². The van der Waals surface area contributed by atoms with Crippen LogP contribution in [0.1, 0.15) is 0 Å². The number of anilines is 2. The van der Waals surface area contributed by atoms with Gasteiger partial charge in [0, 0.05) is 11.6 Å². The molecule has 4 rings (SSSR count). The molecule has 0 saturated heterocycles. The first-order valence-corrected chi connectivity index (χ1v) is 7.88. The molecule has 0 unspecified atom stereocenters. The van der Waals surface area contributed by atoms with Crippen LogP contribution in [-0.4, -0.2) is 29.9 Å². The van der Waals surface area contributed by atoms with Crippen LogP contribution < -0.4 is 15.0 Å². The lowest BCUT2D eigenvalue weighted by Crippen LogP contribution is -2.43. The minimum atomic E-state index is -0.276. The summed E-state index contributed by atoms with van der Waals surface area (Å²) in [7, 11) is 0. The lowest BCUT2D eigenvalue weighted by Gasteiger charge is -2.28. The summed E-state index contributed by atoms with van der Waals surface area (Å²) in [4.78, 5) is 30.4. The topological polar surface area (TPSA) is 71.5 Å². The fraction of sp³-hybridized carbons (Fsp3) is 0.105. The van der Waals surface area contributed by atoms with Crippen molar-refractivity contribution in [3.63, 3.8) is 0 Å². The van der Waals surface area contributed by atoms with Crippen molar-refractivity contribution in [1.82, 2.24) is 4.98 Å². The molecule has 0 saturated carbocycles. The molecule has 1 aromatic heterocycles. The van der Waals surface area contributed by atoms with Crippen LogP contribution in [0.3, 0.4) is 0 Å². The number of hydrogen-bond donors (Lipinski definition) is 1. The first-order valence-electron chi connectivity index (χ1n) is 7.88. The summed E-state index contributed by atoms with van der Waals surface area (Å²) in [5.41, 5.74) is 2.08. The Bertz CT molecular complexity index is 966. The van der Waals surface area contributed by atoms with E-state index in [-0.39, 0.29) is 25.0 Å². The Balaban J connectivity index is 1.57. The van der Waals surface area contributed by atoms with E-state index in [2.05, 4.69) is 10.3 Å². The Hall–Kier alpha value is -3.41. The molecule has 0 fully saturated rings. The Morgan fingerprint density at radius 2 is 2.00 bits per heavy atom. The van der Waals surface area contributed by atoms with Gasteiger partial charge < -0.3 is 10.1 Å². The lowest BCUT2D eigenvalue weighted by atomic mass is 10.2. The van der Waals surface area contributed by atoms with Gasteiger partial charge in [0.25, 0.3) is 5.91 Å². The van der Waals surface area contributed by atoms with Gasteiger partial charge in [-0.25, -0.2) is 0 Å². The number of benzene rings is 2. The Kier molecular flexibility index (Phi) is 3.78. The van der Waals surface area contributed by atoms with Crippen LogP contribution in [0.25, 0.3) is 10.9 Å². The number of para-hydroxylation sites is 2. The third-order valence-corrected chi connectivity index (χ3v) is 4.03. The fourth-order valence-electron chi connectivity index (χ4n) is 2.87. The summed E-state index contributed by atoms with van der Waals surface area (Å²) in [5.74, 6) is 0.0825. The van der Waals surface area contributed by atoms with Crippen LogP contribution in [0.15, 0.2) is 60.8 Å². The van der Waals surface area contributed by atoms with E-state index in [1.54, 1.807) is 18.3 Å². The van der Waals surface area contributed by atoms with Crippen LogP contribution in [0.2, 0.25) is 0 Å². The highest BCUT2D eigenvalue weighted by atomic mass is 16.5. The second-order valence-electron chi connectivity index (χ2n) is 5.66. The Morgan fingerprint density at radius 1 is 1.12 bits per heavy atom. The smallest absolute Gasteiger partial charge is 0.265 e. The summed E-state index contributed by atoms with van der Waals surface area (Å²) < 4.78 is 5.39. The van der Waals surface area contributed by atoms with Crippen LogP contribution >= 0.6 is 0 Å². The zero-order chi connectivity index (χ0) is 17.2. The second kappa shape index (κ2) is 6.24. The molecule has 25 heavy (non-hydrogen) atoms. The maximum atomic E-state index is 12.5. The molecular weight excluding hydrogens is 318 g/mol. The molecule has 1 aliphatic rings. The number of nitrogens with zero attached hydrogens (tertiary/aromatic N) is 2. The van der Waals surface area contributed by atoms with Gasteiger partial charge in [-0.05, 0) is 36.4 Å². The van der Waals surface area contributed by atoms with Crippen molar-refractivity contribution in [2.75, 3.05) is 23.4 Å². The van der Waals surface area contributed by atoms with E-state index >= 15 is 0 Å². The number of ether oxygens (including phenoxy) is 1. The van der Waals surface area contributed by atoms with Gasteiger partial charge in [0.05, 0.1) is 16.9 Å². The molecule has 2 amide bonds. The molecule has 6 heteroatoms. The highest BCUT2D eigenvalue weighted by Crippen LogP contribution is 2.31. The van der Waals surface area contributed by atoms with Crippen molar-refractivity contribution in [3.05, 3.63) is 60.8 Å².